The molecule has 0 radical (unpaired) electrons. The molecule has 1 aromatic rings. The molecule has 1 aliphatic carbocycles. The molecule has 0 bridgehead atoms. The maximum Gasteiger partial charge on any atom is 0.272 e. The average Bonchev–Trinajstić information content (AvgIpc) is 2.97. The minimum atomic E-state index is 0.0444. The van der Waals surface area contributed by atoms with Gasteiger partial charge in [0.05, 0.1) is 12.5 Å². The summed E-state index contributed by atoms with van der Waals surface area (Å²) >= 11 is 0. The van der Waals surface area contributed by atoms with Crippen molar-refractivity contribution >= 4 is 5.91 Å². The summed E-state index contributed by atoms with van der Waals surface area (Å²) < 4.78 is 1.74. The monoisotopic (exact) mass is 208 g/mol. The van der Waals surface area contributed by atoms with Gasteiger partial charge in [0.25, 0.3) is 5.91 Å². The molecule has 5 heteroatoms. The topological polar surface area (TPSA) is 64.2 Å². The smallest absolute Gasteiger partial charge is 0.272 e. The highest BCUT2D eigenvalue weighted by molar-refractivity contribution is 5.92. The number of nitrogens with zero attached hydrogens (tertiary/aromatic N) is 3. The second-order valence-electron chi connectivity index (χ2n) is 3.91. The SMILES string of the molecule is Cn1cncc1C(=O)N(CCN)C1CC1. The summed E-state index contributed by atoms with van der Waals surface area (Å²) in [7, 11) is 1.83. The van der Waals surface area contributed by atoms with E-state index in [1.54, 1.807) is 17.1 Å². The summed E-state index contributed by atoms with van der Waals surface area (Å²) in [5.41, 5.74) is 6.14. The van der Waals surface area contributed by atoms with E-state index in [-0.39, 0.29) is 5.91 Å². The van der Waals surface area contributed by atoms with Gasteiger partial charge in [-0.15, -0.1) is 0 Å². The Kier molecular flexibility index (Phi) is 2.73. The summed E-state index contributed by atoms with van der Waals surface area (Å²) in [5, 5.41) is 0. The largest absolute Gasteiger partial charge is 0.333 e. The molecule has 0 spiro atoms. The lowest BCUT2D eigenvalue weighted by atomic mass is 10.3. The standard InChI is InChI=1S/C10H16N4O/c1-13-7-12-6-9(13)10(15)14(5-4-11)8-2-3-8/h6-8H,2-5,11H2,1H3. The number of carbonyl (C=O) groups is 1. The molecule has 0 atom stereocenters. The Bertz CT molecular complexity index is 356. The molecule has 0 saturated heterocycles. The van der Waals surface area contributed by atoms with Gasteiger partial charge in [-0.2, -0.15) is 0 Å². The zero-order valence-electron chi connectivity index (χ0n) is 8.89. The Hall–Kier alpha value is -1.36. The van der Waals surface area contributed by atoms with Gasteiger partial charge < -0.3 is 15.2 Å². The van der Waals surface area contributed by atoms with E-state index >= 15 is 0 Å². The number of nitrogens with two attached hydrogens (primary N) is 1. The number of aromatic nitrogens is 2. The maximum absolute atomic E-state index is 12.1. The lowest BCUT2D eigenvalue weighted by Crippen LogP contribution is -2.37. The highest BCUT2D eigenvalue weighted by Crippen LogP contribution is 2.27. The van der Waals surface area contributed by atoms with Crippen molar-refractivity contribution in [1.82, 2.24) is 14.5 Å². The zero-order chi connectivity index (χ0) is 10.8. The third-order valence-corrected chi connectivity index (χ3v) is 2.65. The molecule has 5 nitrogen and oxygen atoms in total. The molecule has 2 rings (SSSR count). The van der Waals surface area contributed by atoms with Gasteiger partial charge >= 0.3 is 0 Å². The minimum absolute atomic E-state index is 0.0444. The lowest BCUT2D eigenvalue weighted by Gasteiger charge is -2.21. The van der Waals surface area contributed by atoms with Crippen molar-refractivity contribution in [1.29, 1.82) is 0 Å². The van der Waals surface area contributed by atoms with Gasteiger partial charge in [0.15, 0.2) is 0 Å². The van der Waals surface area contributed by atoms with Crippen LogP contribution in [0.2, 0.25) is 0 Å². The lowest BCUT2D eigenvalue weighted by molar-refractivity contribution is 0.0738. The Balaban J connectivity index is 2.14. The number of hydrogen-bond acceptors (Lipinski definition) is 3. The van der Waals surface area contributed by atoms with Gasteiger partial charge in [0.1, 0.15) is 5.69 Å². The van der Waals surface area contributed by atoms with Crippen molar-refractivity contribution in [2.75, 3.05) is 13.1 Å². The predicted molar refractivity (Wildman–Crippen MR) is 56.3 cm³/mol. The summed E-state index contributed by atoms with van der Waals surface area (Å²) in [4.78, 5) is 17.9. The highest BCUT2D eigenvalue weighted by atomic mass is 16.2. The van der Waals surface area contributed by atoms with E-state index in [1.165, 1.54) is 0 Å². The fourth-order valence-electron chi connectivity index (χ4n) is 1.69. The first-order chi connectivity index (χ1) is 7.24. The van der Waals surface area contributed by atoms with Crippen LogP contribution in [0.3, 0.4) is 0 Å². The highest BCUT2D eigenvalue weighted by Gasteiger charge is 2.33. The molecule has 82 valence electrons. The number of carbonyl (C=O) groups excluding carboxylic acids is 1. The van der Waals surface area contributed by atoms with Crippen molar-refractivity contribution in [3.63, 3.8) is 0 Å². The number of amides is 1. The van der Waals surface area contributed by atoms with Crippen LogP contribution in [0, 0.1) is 0 Å². The van der Waals surface area contributed by atoms with Gasteiger partial charge in [-0.3, -0.25) is 4.79 Å². The maximum atomic E-state index is 12.1. The van der Waals surface area contributed by atoms with Gasteiger partial charge in [-0.1, -0.05) is 0 Å². The Morgan fingerprint density at radius 2 is 2.47 bits per heavy atom. The van der Waals surface area contributed by atoms with Crippen LogP contribution in [-0.2, 0) is 7.05 Å². The van der Waals surface area contributed by atoms with Crippen LogP contribution >= 0.6 is 0 Å². The summed E-state index contributed by atoms with van der Waals surface area (Å²) in [6, 6.07) is 0.399. The van der Waals surface area contributed by atoms with E-state index in [0.717, 1.165) is 12.8 Å². The molecule has 15 heavy (non-hydrogen) atoms. The quantitative estimate of drug-likeness (QED) is 0.756. The second kappa shape index (κ2) is 4.02. The Morgan fingerprint density at radius 3 is 2.93 bits per heavy atom. The molecule has 1 amide bonds. The summed E-state index contributed by atoms with van der Waals surface area (Å²) in [6.45, 7) is 1.15. The predicted octanol–water partition coefficient (Wildman–Crippen LogP) is -0.0166. The van der Waals surface area contributed by atoms with Crippen LogP contribution < -0.4 is 5.73 Å². The van der Waals surface area contributed by atoms with E-state index in [2.05, 4.69) is 4.98 Å². The van der Waals surface area contributed by atoms with Gasteiger partial charge in [-0.05, 0) is 12.8 Å². The van der Waals surface area contributed by atoms with Crippen LogP contribution in [0.15, 0.2) is 12.5 Å². The molecule has 0 aliphatic heterocycles. The summed E-state index contributed by atoms with van der Waals surface area (Å²) in [6.07, 6.45) is 5.45. The number of hydrogen-bond donors (Lipinski definition) is 1. The molecule has 1 aromatic heterocycles. The van der Waals surface area contributed by atoms with Crippen LogP contribution in [0.25, 0.3) is 0 Å². The molecule has 0 unspecified atom stereocenters. The van der Waals surface area contributed by atoms with Crippen molar-refractivity contribution in [2.45, 2.75) is 18.9 Å². The molecule has 0 aromatic carbocycles. The van der Waals surface area contributed by atoms with Gasteiger partial charge in [0, 0.05) is 26.2 Å². The van der Waals surface area contributed by atoms with E-state index in [4.69, 9.17) is 5.73 Å². The third kappa shape index (κ3) is 2.02. The average molecular weight is 208 g/mol. The van der Waals surface area contributed by atoms with Gasteiger partial charge in [0.2, 0.25) is 0 Å². The van der Waals surface area contributed by atoms with Crippen molar-refractivity contribution < 1.29 is 4.79 Å². The number of aryl methyl sites for hydroxylation is 1. The van der Waals surface area contributed by atoms with E-state index in [9.17, 15) is 4.79 Å². The molecular formula is C10H16N4O. The minimum Gasteiger partial charge on any atom is -0.333 e. The molecule has 2 N–H and O–H groups in total. The molecule has 1 fully saturated rings. The third-order valence-electron chi connectivity index (χ3n) is 2.65. The van der Waals surface area contributed by atoms with Crippen LogP contribution in [0.4, 0.5) is 0 Å². The summed E-state index contributed by atoms with van der Waals surface area (Å²) in [5.74, 6) is 0.0444. The number of rotatable bonds is 4. The van der Waals surface area contributed by atoms with E-state index in [1.807, 2.05) is 11.9 Å². The molecular weight excluding hydrogens is 192 g/mol. The molecule has 1 heterocycles. The zero-order valence-corrected chi connectivity index (χ0v) is 8.89. The number of imidazole rings is 1. The van der Waals surface area contributed by atoms with Crippen molar-refractivity contribution in [3.05, 3.63) is 18.2 Å². The van der Waals surface area contributed by atoms with Crippen LogP contribution in [0.1, 0.15) is 23.3 Å². The fraction of sp³-hybridized carbons (Fsp3) is 0.600. The first-order valence-corrected chi connectivity index (χ1v) is 5.21. The normalized spacial score (nSPS) is 15.3. The first kappa shape index (κ1) is 10.2. The van der Waals surface area contributed by atoms with Gasteiger partial charge in [-0.25, -0.2) is 4.98 Å². The Labute approximate surface area is 88.9 Å². The fourth-order valence-corrected chi connectivity index (χ4v) is 1.69. The van der Waals surface area contributed by atoms with Crippen molar-refractivity contribution in [3.8, 4) is 0 Å². The van der Waals surface area contributed by atoms with Crippen LogP contribution in [-0.4, -0.2) is 39.5 Å². The molecule has 1 aliphatic rings. The second-order valence-corrected chi connectivity index (χ2v) is 3.91. The van der Waals surface area contributed by atoms with E-state index in [0.29, 0.717) is 24.8 Å². The van der Waals surface area contributed by atoms with Crippen molar-refractivity contribution in [2.24, 2.45) is 12.8 Å². The van der Waals surface area contributed by atoms with E-state index < -0.39 is 0 Å². The molecule has 1 saturated carbocycles. The Morgan fingerprint density at radius 1 is 1.73 bits per heavy atom. The van der Waals surface area contributed by atoms with Crippen LogP contribution in [0.5, 0.6) is 0 Å². The first-order valence-electron chi connectivity index (χ1n) is 5.21.